The van der Waals surface area contributed by atoms with Crippen LogP contribution in [0.2, 0.25) is 0 Å². The van der Waals surface area contributed by atoms with Crippen molar-refractivity contribution < 1.29 is 9.59 Å². The molecule has 8 aliphatic carbocycles. The third-order valence-corrected chi connectivity index (χ3v) is 11.8. The van der Waals surface area contributed by atoms with Gasteiger partial charge in [-0.2, -0.15) is 0 Å². The van der Waals surface area contributed by atoms with Crippen LogP contribution in [0.25, 0.3) is 0 Å². The monoisotopic (exact) mass is 532 g/mol. The predicted molar refractivity (Wildman–Crippen MR) is 156 cm³/mol. The molecule has 0 heterocycles. The molecule has 1 aromatic rings. The molecule has 0 spiro atoms. The minimum absolute atomic E-state index is 0.0934. The maximum atomic E-state index is 13.3. The molecule has 8 fully saturated rings. The number of anilines is 2. The summed E-state index contributed by atoms with van der Waals surface area (Å²) in [6.07, 6.45) is 14.4. The zero-order valence-electron chi connectivity index (χ0n) is 24.7. The van der Waals surface area contributed by atoms with Gasteiger partial charge in [0.2, 0.25) is 0 Å². The van der Waals surface area contributed by atoms with Crippen molar-refractivity contribution in [3.05, 3.63) is 23.8 Å². The Morgan fingerprint density at radius 2 is 1.08 bits per heavy atom. The summed E-state index contributed by atoms with van der Waals surface area (Å²) in [5, 5.41) is 13.1. The molecule has 0 radical (unpaired) electrons. The zero-order chi connectivity index (χ0) is 27.5. The molecule has 0 saturated heterocycles. The molecule has 0 aromatic heterocycles. The van der Waals surface area contributed by atoms with Gasteiger partial charge in [0.1, 0.15) is 0 Å². The van der Waals surface area contributed by atoms with E-state index in [4.69, 9.17) is 0 Å². The summed E-state index contributed by atoms with van der Waals surface area (Å²) < 4.78 is 0. The molecule has 4 N–H and O–H groups in total. The van der Waals surface area contributed by atoms with Crippen molar-refractivity contribution in [1.29, 1.82) is 0 Å². The van der Waals surface area contributed by atoms with E-state index >= 15 is 0 Å². The molecule has 8 bridgehead atoms. The highest BCUT2D eigenvalue weighted by Crippen LogP contribution is 2.67. The average molecular weight is 533 g/mol. The summed E-state index contributed by atoms with van der Waals surface area (Å²) in [6.45, 7) is 11.7. The number of nitrogens with one attached hydrogen (secondary N) is 4. The minimum Gasteiger partial charge on any atom is -0.332 e. The van der Waals surface area contributed by atoms with E-state index in [-0.39, 0.29) is 23.1 Å². The lowest BCUT2D eigenvalue weighted by Crippen LogP contribution is -2.65. The minimum atomic E-state index is -0.126. The van der Waals surface area contributed by atoms with Crippen molar-refractivity contribution >= 4 is 23.4 Å². The van der Waals surface area contributed by atoms with Crippen LogP contribution in [-0.2, 0) is 0 Å². The van der Waals surface area contributed by atoms with E-state index in [0.717, 1.165) is 61.6 Å². The standard InChI is InChI=1S/C33H48N4O2/c1-21-6-7-24(34-26(38)36-32-13-22-9-28(2,17-32)15-29(3,10-22)18-32)8-25(21)35-27(39)37-33-14-23-11-30(4,19-33)16-31(5,12-23)20-33/h6-8,22-23H,9-20H2,1-5H3,(H2,34,36,38)(H2,35,37,39)/t22?,23?,28-,29-,30+,31+,32?,33?/m1/s1. The highest BCUT2D eigenvalue weighted by atomic mass is 16.2. The smallest absolute Gasteiger partial charge is 0.319 e. The third-order valence-electron chi connectivity index (χ3n) is 11.8. The van der Waals surface area contributed by atoms with Gasteiger partial charge in [-0.05, 0) is 135 Å². The molecule has 9 rings (SSSR count). The van der Waals surface area contributed by atoms with Crippen LogP contribution in [0.15, 0.2) is 18.2 Å². The first-order valence-electron chi connectivity index (χ1n) is 15.5. The molecule has 8 saturated carbocycles. The Kier molecular flexibility index (Phi) is 5.24. The van der Waals surface area contributed by atoms with Gasteiger partial charge in [0.05, 0.1) is 0 Å². The molecule has 4 atom stereocenters. The van der Waals surface area contributed by atoms with Gasteiger partial charge in [0, 0.05) is 22.5 Å². The van der Waals surface area contributed by atoms with Crippen LogP contribution in [0.3, 0.4) is 0 Å². The molecule has 4 amide bonds. The van der Waals surface area contributed by atoms with E-state index in [9.17, 15) is 9.59 Å². The SMILES string of the molecule is Cc1ccc(NC(=O)NC23CC4C[C@@](C)(C2)C[C@@](C)(C4)C3)cc1NC(=O)NC12CC3C[C@](C)(C1)C[C@](C)(C3)C2. The first-order chi connectivity index (χ1) is 18.2. The van der Waals surface area contributed by atoms with Gasteiger partial charge in [-0.1, -0.05) is 33.8 Å². The van der Waals surface area contributed by atoms with E-state index in [1.54, 1.807) is 0 Å². The van der Waals surface area contributed by atoms with Gasteiger partial charge in [-0.15, -0.1) is 0 Å². The van der Waals surface area contributed by atoms with Crippen LogP contribution in [0.5, 0.6) is 0 Å². The van der Waals surface area contributed by atoms with Crippen molar-refractivity contribution in [3.8, 4) is 0 Å². The Hall–Kier alpha value is -2.24. The number of hydrogen-bond acceptors (Lipinski definition) is 2. The van der Waals surface area contributed by atoms with E-state index in [1.165, 1.54) is 38.5 Å². The Labute approximate surface area is 234 Å². The second kappa shape index (κ2) is 7.94. The molecule has 8 aliphatic rings. The number of benzene rings is 1. The number of carbonyl (C=O) groups excluding carboxylic acids is 2. The number of urea groups is 2. The highest BCUT2D eigenvalue weighted by Gasteiger charge is 2.61. The predicted octanol–water partition coefficient (Wildman–Crippen LogP) is 7.74. The van der Waals surface area contributed by atoms with E-state index in [0.29, 0.717) is 27.3 Å². The summed E-state index contributed by atoms with van der Waals surface area (Å²) in [4.78, 5) is 26.6. The molecule has 39 heavy (non-hydrogen) atoms. The van der Waals surface area contributed by atoms with Gasteiger partial charge < -0.3 is 21.3 Å². The Morgan fingerprint density at radius 3 is 1.51 bits per heavy atom. The van der Waals surface area contributed by atoms with Crippen molar-refractivity contribution in [2.45, 2.75) is 123 Å². The Balaban J connectivity index is 1.02. The quantitative estimate of drug-likeness (QED) is 0.320. The summed E-state index contributed by atoms with van der Waals surface area (Å²) >= 11 is 0. The molecular weight excluding hydrogens is 484 g/mol. The van der Waals surface area contributed by atoms with Crippen LogP contribution in [0.1, 0.15) is 110 Å². The molecule has 6 nitrogen and oxygen atoms in total. The summed E-state index contributed by atoms with van der Waals surface area (Å²) in [7, 11) is 0. The summed E-state index contributed by atoms with van der Waals surface area (Å²) in [5.74, 6) is 1.45. The third kappa shape index (κ3) is 4.54. The number of amides is 4. The largest absolute Gasteiger partial charge is 0.332 e. The highest BCUT2D eigenvalue weighted by molar-refractivity contribution is 5.94. The second-order valence-electron chi connectivity index (χ2n) is 17.0. The van der Waals surface area contributed by atoms with Gasteiger partial charge >= 0.3 is 12.1 Å². The van der Waals surface area contributed by atoms with Gasteiger partial charge in [0.25, 0.3) is 0 Å². The first-order valence-corrected chi connectivity index (χ1v) is 15.5. The summed E-state index contributed by atoms with van der Waals surface area (Å²) in [5.41, 5.74) is 3.66. The fourth-order valence-electron chi connectivity index (χ4n) is 12.8. The molecule has 0 aliphatic heterocycles. The maximum absolute atomic E-state index is 13.3. The lowest BCUT2D eigenvalue weighted by atomic mass is 9.43. The molecule has 0 unspecified atom stereocenters. The Bertz CT molecular complexity index is 1200. The van der Waals surface area contributed by atoms with Crippen LogP contribution < -0.4 is 21.3 Å². The molecule has 212 valence electrons. The normalized spacial score (nSPS) is 46.7. The van der Waals surface area contributed by atoms with Crippen LogP contribution >= 0.6 is 0 Å². The molecular formula is C33H48N4O2. The average Bonchev–Trinajstić information content (AvgIpc) is 2.69. The van der Waals surface area contributed by atoms with Gasteiger partial charge in [-0.3, -0.25) is 0 Å². The Morgan fingerprint density at radius 1 is 0.641 bits per heavy atom. The number of rotatable bonds is 4. The topological polar surface area (TPSA) is 82.3 Å². The lowest BCUT2D eigenvalue weighted by Gasteiger charge is -2.65. The zero-order valence-corrected chi connectivity index (χ0v) is 24.7. The van der Waals surface area contributed by atoms with Crippen molar-refractivity contribution in [2.24, 2.45) is 33.5 Å². The van der Waals surface area contributed by atoms with Gasteiger partial charge in [0.15, 0.2) is 0 Å². The number of hydrogen-bond donors (Lipinski definition) is 4. The van der Waals surface area contributed by atoms with E-state index in [2.05, 4.69) is 49.0 Å². The molecule has 1 aromatic carbocycles. The first kappa shape index (κ1) is 25.7. The fraction of sp³-hybridized carbons (Fsp3) is 0.758. The van der Waals surface area contributed by atoms with Crippen LogP contribution in [-0.4, -0.2) is 23.1 Å². The van der Waals surface area contributed by atoms with Crippen molar-refractivity contribution in [3.63, 3.8) is 0 Å². The van der Waals surface area contributed by atoms with Crippen molar-refractivity contribution in [2.75, 3.05) is 10.6 Å². The van der Waals surface area contributed by atoms with Crippen LogP contribution in [0.4, 0.5) is 21.0 Å². The van der Waals surface area contributed by atoms with Crippen LogP contribution in [0, 0.1) is 40.4 Å². The number of aryl methyl sites for hydroxylation is 1. The van der Waals surface area contributed by atoms with Crippen molar-refractivity contribution in [1.82, 2.24) is 10.6 Å². The second-order valence-corrected chi connectivity index (χ2v) is 17.0. The summed E-state index contributed by atoms with van der Waals surface area (Å²) in [6, 6.07) is 5.56. The maximum Gasteiger partial charge on any atom is 0.319 e. The van der Waals surface area contributed by atoms with Gasteiger partial charge in [-0.25, -0.2) is 9.59 Å². The molecule has 6 heteroatoms. The fourth-order valence-corrected chi connectivity index (χ4v) is 12.8. The lowest BCUT2D eigenvalue weighted by molar-refractivity contribution is -0.113. The number of carbonyl (C=O) groups is 2. The van der Waals surface area contributed by atoms with E-state index < -0.39 is 0 Å². The van der Waals surface area contributed by atoms with E-state index in [1.807, 2.05) is 25.1 Å².